The molecule has 0 aromatic rings. The van der Waals surface area contributed by atoms with Crippen LogP contribution in [-0.4, -0.2) is 18.7 Å². The minimum absolute atomic E-state index is 0.241. The first kappa shape index (κ1) is 8.37. The summed E-state index contributed by atoms with van der Waals surface area (Å²) in [4.78, 5) is 3.98. The van der Waals surface area contributed by atoms with E-state index in [1.54, 1.807) is 0 Å². The van der Waals surface area contributed by atoms with E-state index in [-0.39, 0.29) is 6.10 Å². The molecule has 0 radical (unpaired) electrons. The predicted octanol–water partition coefficient (Wildman–Crippen LogP) is 1.14. The van der Waals surface area contributed by atoms with Gasteiger partial charge in [0.2, 0.25) is 0 Å². The summed E-state index contributed by atoms with van der Waals surface area (Å²) in [6.45, 7) is 5.15. The van der Waals surface area contributed by atoms with E-state index in [2.05, 4.69) is 18.8 Å². The van der Waals surface area contributed by atoms with Gasteiger partial charge in [-0.15, -0.1) is 0 Å². The molecule has 0 saturated heterocycles. The lowest BCUT2D eigenvalue weighted by Crippen LogP contribution is -2.20. The Morgan fingerprint density at radius 1 is 1.82 bits per heavy atom. The van der Waals surface area contributed by atoms with Gasteiger partial charge in [0, 0.05) is 0 Å². The summed E-state index contributed by atoms with van der Waals surface area (Å²) in [6, 6.07) is 0.360. The lowest BCUT2D eigenvalue weighted by atomic mass is 10.0. The number of nitrogens with two attached hydrogens (primary N) is 1. The van der Waals surface area contributed by atoms with Crippen molar-refractivity contribution >= 4 is 6.02 Å². The summed E-state index contributed by atoms with van der Waals surface area (Å²) in [5.41, 5.74) is 5.37. The zero-order chi connectivity index (χ0) is 8.27. The molecule has 0 aromatic carbocycles. The van der Waals surface area contributed by atoms with E-state index in [4.69, 9.17) is 10.5 Å². The Labute approximate surface area is 67.6 Å². The van der Waals surface area contributed by atoms with Crippen molar-refractivity contribution in [3.05, 3.63) is 0 Å². The fraction of sp³-hybridized carbons (Fsp3) is 0.875. The van der Waals surface area contributed by atoms with Gasteiger partial charge >= 0.3 is 0 Å². The minimum atomic E-state index is 0.241. The molecule has 2 N–H and O–H groups in total. The van der Waals surface area contributed by atoms with Gasteiger partial charge in [-0.25, -0.2) is 4.99 Å². The number of hydrogen-bond acceptors (Lipinski definition) is 3. The number of rotatable bonds is 3. The molecule has 0 saturated carbocycles. The summed E-state index contributed by atoms with van der Waals surface area (Å²) in [7, 11) is 0. The van der Waals surface area contributed by atoms with E-state index < -0.39 is 0 Å². The Morgan fingerprint density at radius 2 is 2.55 bits per heavy atom. The van der Waals surface area contributed by atoms with Gasteiger partial charge in [-0.05, 0) is 12.3 Å². The molecule has 64 valence electrons. The van der Waals surface area contributed by atoms with E-state index in [1.807, 2.05) is 0 Å². The third kappa shape index (κ3) is 2.41. The van der Waals surface area contributed by atoms with Crippen molar-refractivity contribution in [2.45, 2.75) is 32.8 Å². The van der Waals surface area contributed by atoms with Crippen molar-refractivity contribution in [3.8, 4) is 0 Å². The molecule has 3 nitrogen and oxygen atoms in total. The highest BCUT2D eigenvalue weighted by Gasteiger charge is 2.19. The second-order valence-electron chi connectivity index (χ2n) is 3.17. The number of hydrogen-bond donors (Lipinski definition) is 1. The molecule has 3 heteroatoms. The monoisotopic (exact) mass is 156 g/mol. The third-order valence-corrected chi connectivity index (χ3v) is 2.10. The lowest BCUT2D eigenvalue weighted by Gasteiger charge is -2.13. The zero-order valence-corrected chi connectivity index (χ0v) is 7.21. The van der Waals surface area contributed by atoms with Gasteiger partial charge in [0.1, 0.15) is 6.10 Å². The molecular formula is C8H16N2O. The van der Waals surface area contributed by atoms with Crippen LogP contribution >= 0.6 is 0 Å². The number of aliphatic imine (C=N–C) groups is 1. The highest BCUT2D eigenvalue weighted by Crippen LogP contribution is 2.15. The highest BCUT2D eigenvalue weighted by atomic mass is 16.5. The molecule has 0 amide bonds. The van der Waals surface area contributed by atoms with Crippen LogP contribution in [0.5, 0.6) is 0 Å². The summed E-state index contributed by atoms with van der Waals surface area (Å²) < 4.78 is 5.26. The van der Waals surface area contributed by atoms with E-state index in [1.165, 1.54) is 6.42 Å². The van der Waals surface area contributed by atoms with Crippen LogP contribution in [0.2, 0.25) is 0 Å². The topological polar surface area (TPSA) is 47.6 Å². The lowest BCUT2D eigenvalue weighted by molar-refractivity contribution is 0.186. The fourth-order valence-electron chi connectivity index (χ4n) is 1.18. The van der Waals surface area contributed by atoms with Crippen molar-refractivity contribution in [1.82, 2.24) is 0 Å². The van der Waals surface area contributed by atoms with E-state index in [9.17, 15) is 0 Å². The fourth-order valence-corrected chi connectivity index (χ4v) is 1.18. The molecule has 1 rings (SSSR count). The van der Waals surface area contributed by atoms with Crippen LogP contribution in [0.25, 0.3) is 0 Å². The average molecular weight is 156 g/mol. The Hall–Kier alpha value is -0.730. The quantitative estimate of drug-likeness (QED) is 0.666. The first-order chi connectivity index (χ1) is 5.22. The van der Waals surface area contributed by atoms with Crippen molar-refractivity contribution in [2.75, 3.05) is 6.54 Å². The van der Waals surface area contributed by atoms with Crippen molar-refractivity contribution in [2.24, 2.45) is 16.6 Å². The number of amidine groups is 1. The second-order valence-corrected chi connectivity index (χ2v) is 3.17. The molecule has 2 unspecified atom stereocenters. The van der Waals surface area contributed by atoms with Gasteiger partial charge in [-0.1, -0.05) is 20.3 Å². The maximum Gasteiger partial charge on any atom is 0.282 e. The van der Waals surface area contributed by atoms with Crippen LogP contribution in [-0.2, 0) is 4.74 Å². The normalized spacial score (nSPS) is 26.0. The largest absolute Gasteiger partial charge is 0.460 e. The number of ether oxygens (including phenoxy) is 1. The van der Waals surface area contributed by atoms with Gasteiger partial charge in [-0.3, -0.25) is 0 Å². The molecule has 0 bridgehead atoms. The summed E-state index contributed by atoms with van der Waals surface area (Å²) >= 11 is 0. The molecular weight excluding hydrogens is 140 g/mol. The first-order valence-electron chi connectivity index (χ1n) is 4.19. The Morgan fingerprint density at radius 3 is 3.00 bits per heavy atom. The van der Waals surface area contributed by atoms with Gasteiger partial charge in [0.15, 0.2) is 0 Å². The third-order valence-electron chi connectivity index (χ3n) is 2.10. The van der Waals surface area contributed by atoms with Crippen LogP contribution in [0.15, 0.2) is 4.99 Å². The maximum atomic E-state index is 5.37. The molecule has 1 heterocycles. The molecule has 1 aliphatic rings. The summed E-state index contributed by atoms with van der Waals surface area (Å²) in [5.74, 6) is 0.709. The smallest absolute Gasteiger partial charge is 0.282 e. The number of nitrogens with zero attached hydrogens (tertiary/aromatic N) is 1. The highest BCUT2D eigenvalue weighted by molar-refractivity contribution is 5.72. The first-order valence-corrected chi connectivity index (χ1v) is 4.19. The van der Waals surface area contributed by atoms with E-state index >= 15 is 0 Å². The Bertz CT molecular complexity index is 156. The van der Waals surface area contributed by atoms with Crippen LogP contribution in [0, 0.1) is 5.92 Å². The maximum absolute atomic E-state index is 5.37. The van der Waals surface area contributed by atoms with Crippen LogP contribution < -0.4 is 5.73 Å². The Kier molecular flexibility index (Phi) is 2.74. The van der Waals surface area contributed by atoms with E-state index in [0.29, 0.717) is 11.9 Å². The molecule has 1 aliphatic heterocycles. The second kappa shape index (κ2) is 3.60. The van der Waals surface area contributed by atoms with Crippen LogP contribution in [0.3, 0.4) is 0 Å². The minimum Gasteiger partial charge on any atom is -0.460 e. The van der Waals surface area contributed by atoms with Crippen molar-refractivity contribution < 1.29 is 4.74 Å². The molecule has 0 spiro atoms. The Balaban J connectivity index is 2.20. The van der Waals surface area contributed by atoms with Gasteiger partial charge in [-0.2, -0.15) is 0 Å². The zero-order valence-electron chi connectivity index (χ0n) is 7.21. The molecule has 11 heavy (non-hydrogen) atoms. The predicted molar refractivity (Wildman–Crippen MR) is 45.4 cm³/mol. The standard InChI is InChI=1S/C8H16N2O/c1-3-6(2)4-7-5-10-8(9)11-7/h6-7H,3-5H2,1-2H3,(H2,9,10). The van der Waals surface area contributed by atoms with Crippen molar-refractivity contribution in [1.29, 1.82) is 0 Å². The van der Waals surface area contributed by atoms with Crippen molar-refractivity contribution in [3.63, 3.8) is 0 Å². The van der Waals surface area contributed by atoms with Crippen LogP contribution in [0.1, 0.15) is 26.7 Å². The van der Waals surface area contributed by atoms with Gasteiger partial charge in [0.05, 0.1) is 6.54 Å². The SMILES string of the molecule is CCC(C)CC1CN=C(N)O1. The molecule has 2 atom stereocenters. The molecule has 0 aromatic heterocycles. The molecule has 0 aliphatic carbocycles. The molecule has 0 fully saturated rings. The van der Waals surface area contributed by atoms with Gasteiger partial charge in [0.25, 0.3) is 6.02 Å². The average Bonchev–Trinajstić information content (AvgIpc) is 2.35. The van der Waals surface area contributed by atoms with Gasteiger partial charge < -0.3 is 10.5 Å². The summed E-state index contributed by atoms with van der Waals surface area (Å²) in [6.07, 6.45) is 2.51. The van der Waals surface area contributed by atoms with E-state index in [0.717, 1.165) is 13.0 Å². The van der Waals surface area contributed by atoms with Crippen LogP contribution in [0.4, 0.5) is 0 Å². The summed E-state index contributed by atoms with van der Waals surface area (Å²) in [5, 5.41) is 0.